The number of hydrogen-bond donors (Lipinski definition) is 1. The predicted octanol–water partition coefficient (Wildman–Crippen LogP) is 4.15. The van der Waals surface area contributed by atoms with Crippen LogP contribution in [0.2, 0.25) is 0 Å². The molecule has 0 bridgehead atoms. The molecule has 1 heterocycles. The summed E-state index contributed by atoms with van der Waals surface area (Å²) in [5.74, 6) is 0.472. The summed E-state index contributed by atoms with van der Waals surface area (Å²) in [5, 5.41) is 4.64. The molecule has 0 radical (unpaired) electrons. The van der Waals surface area contributed by atoms with E-state index < -0.39 is 10.0 Å². The second-order valence-corrected chi connectivity index (χ2v) is 9.77. The molecule has 27 heavy (non-hydrogen) atoms. The van der Waals surface area contributed by atoms with Crippen LogP contribution in [0.4, 0.5) is 0 Å². The first-order valence-corrected chi connectivity index (χ1v) is 11.3. The van der Waals surface area contributed by atoms with Gasteiger partial charge in [0, 0.05) is 9.26 Å². The number of halogens is 1. The Morgan fingerprint density at radius 1 is 1.07 bits per heavy atom. The number of aromatic nitrogens is 2. The highest BCUT2D eigenvalue weighted by Crippen LogP contribution is 2.17. The fourth-order valence-electron chi connectivity index (χ4n) is 2.80. The first-order valence-electron chi connectivity index (χ1n) is 8.73. The molecule has 3 rings (SSSR count). The molecule has 5 nitrogen and oxygen atoms in total. The lowest BCUT2D eigenvalue weighted by atomic mass is 10.1. The van der Waals surface area contributed by atoms with E-state index in [1.165, 1.54) is 0 Å². The Hall–Kier alpha value is -1.71. The van der Waals surface area contributed by atoms with Crippen LogP contribution in [0.25, 0.3) is 5.69 Å². The Balaban J connectivity index is 1.84. The molecule has 1 aromatic heterocycles. The van der Waals surface area contributed by atoms with Crippen LogP contribution < -0.4 is 4.72 Å². The van der Waals surface area contributed by atoms with Crippen LogP contribution in [0.5, 0.6) is 0 Å². The minimum absolute atomic E-state index is 0.152. The van der Waals surface area contributed by atoms with Gasteiger partial charge in [0.05, 0.1) is 22.8 Å². The molecule has 0 aliphatic carbocycles. The zero-order chi connectivity index (χ0) is 19.4. The van der Waals surface area contributed by atoms with Crippen molar-refractivity contribution in [3.05, 3.63) is 75.6 Å². The Morgan fingerprint density at radius 2 is 1.81 bits per heavy atom. The summed E-state index contributed by atoms with van der Waals surface area (Å²) in [7, 11) is -3.58. The van der Waals surface area contributed by atoms with Gasteiger partial charge in [-0.3, -0.25) is 0 Å². The molecule has 0 saturated carbocycles. The van der Waals surface area contributed by atoms with E-state index in [9.17, 15) is 8.42 Å². The molecule has 2 aromatic carbocycles. The minimum Gasteiger partial charge on any atom is -0.238 e. The maximum Gasteiger partial charge on any atom is 0.240 e. The number of sulfonamides is 1. The van der Waals surface area contributed by atoms with Crippen molar-refractivity contribution >= 4 is 32.6 Å². The summed E-state index contributed by atoms with van der Waals surface area (Å²) in [5.41, 5.74) is 2.74. The topological polar surface area (TPSA) is 64.0 Å². The third kappa shape index (κ3) is 5.18. The van der Waals surface area contributed by atoms with Gasteiger partial charge in [0.15, 0.2) is 0 Å². The molecule has 7 heteroatoms. The van der Waals surface area contributed by atoms with Gasteiger partial charge >= 0.3 is 0 Å². The molecule has 0 spiro atoms. The average molecular weight is 495 g/mol. The maximum absolute atomic E-state index is 12.5. The largest absolute Gasteiger partial charge is 0.240 e. The first-order chi connectivity index (χ1) is 12.8. The van der Waals surface area contributed by atoms with Crippen molar-refractivity contribution in [2.45, 2.75) is 31.7 Å². The molecule has 1 N–H and O–H groups in total. The van der Waals surface area contributed by atoms with Crippen LogP contribution in [0, 0.1) is 9.49 Å². The molecule has 0 atom stereocenters. The van der Waals surface area contributed by atoms with Gasteiger partial charge in [-0.25, -0.2) is 17.8 Å². The van der Waals surface area contributed by atoms with Crippen molar-refractivity contribution in [2.75, 3.05) is 0 Å². The monoisotopic (exact) mass is 495 g/mol. The highest BCUT2D eigenvalue weighted by atomic mass is 127. The van der Waals surface area contributed by atoms with Crippen molar-refractivity contribution in [2.24, 2.45) is 5.92 Å². The molecule has 0 aliphatic heterocycles. The van der Waals surface area contributed by atoms with Crippen LogP contribution in [0.3, 0.4) is 0 Å². The molecule has 0 fully saturated rings. The van der Waals surface area contributed by atoms with Crippen LogP contribution in [0.15, 0.2) is 65.6 Å². The van der Waals surface area contributed by atoms with Crippen LogP contribution in [0.1, 0.15) is 25.2 Å². The van der Waals surface area contributed by atoms with E-state index in [2.05, 4.69) is 46.3 Å². The van der Waals surface area contributed by atoms with Crippen LogP contribution >= 0.6 is 22.6 Å². The van der Waals surface area contributed by atoms with E-state index in [0.717, 1.165) is 21.4 Å². The molecule has 142 valence electrons. The molecular formula is C20H22IN3O2S. The Bertz CT molecular complexity index is 1010. The van der Waals surface area contributed by atoms with Crippen LogP contribution in [-0.4, -0.2) is 18.2 Å². The molecule has 3 aromatic rings. The van der Waals surface area contributed by atoms with Crippen LogP contribution in [-0.2, 0) is 23.0 Å². The zero-order valence-corrected chi connectivity index (χ0v) is 18.2. The molecular weight excluding hydrogens is 473 g/mol. The molecule has 0 amide bonds. The Kier molecular flexibility index (Phi) is 6.33. The first kappa shape index (κ1) is 20.0. The van der Waals surface area contributed by atoms with Crippen molar-refractivity contribution in [3.8, 4) is 5.69 Å². The van der Waals surface area contributed by atoms with E-state index >= 15 is 0 Å². The van der Waals surface area contributed by atoms with E-state index in [-0.39, 0.29) is 11.4 Å². The number of para-hydroxylation sites is 1. The minimum atomic E-state index is -3.58. The lowest BCUT2D eigenvalue weighted by Crippen LogP contribution is -2.23. The van der Waals surface area contributed by atoms with E-state index in [4.69, 9.17) is 0 Å². The number of nitrogens with zero attached hydrogens (tertiary/aromatic N) is 2. The Labute approximate surface area is 174 Å². The van der Waals surface area contributed by atoms with E-state index in [1.54, 1.807) is 18.2 Å². The van der Waals surface area contributed by atoms with Gasteiger partial charge in [-0.15, -0.1) is 0 Å². The van der Waals surface area contributed by atoms with Gasteiger partial charge in [0.1, 0.15) is 0 Å². The van der Waals surface area contributed by atoms with Gasteiger partial charge in [-0.1, -0.05) is 38.1 Å². The SMILES string of the molecule is CC(C)Cc1cc(CNS(=O)(=O)c2cccc(I)c2)nn1-c1ccccc1. The molecule has 0 unspecified atom stereocenters. The molecule has 0 saturated heterocycles. The van der Waals surface area contributed by atoms with Gasteiger partial charge in [0.25, 0.3) is 0 Å². The van der Waals surface area contributed by atoms with Crippen molar-refractivity contribution in [1.82, 2.24) is 14.5 Å². The van der Waals surface area contributed by atoms with Crippen molar-refractivity contribution < 1.29 is 8.42 Å². The predicted molar refractivity (Wildman–Crippen MR) is 115 cm³/mol. The summed E-state index contributed by atoms with van der Waals surface area (Å²) in [6, 6.07) is 18.7. The van der Waals surface area contributed by atoms with Crippen molar-refractivity contribution in [3.63, 3.8) is 0 Å². The Morgan fingerprint density at radius 3 is 2.48 bits per heavy atom. The lowest BCUT2D eigenvalue weighted by Gasteiger charge is -2.09. The number of benzene rings is 2. The third-order valence-corrected chi connectivity index (χ3v) is 6.07. The fourth-order valence-corrected chi connectivity index (χ4v) is 4.60. The van der Waals surface area contributed by atoms with Gasteiger partial charge in [0.2, 0.25) is 10.0 Å². The summed E-state index contributed by atoms with van der Waals surface area (Å²) in [6.45, 7) is 4.46. The standard InChI is InChI=1S/C20H22IN3O2S/c1-15(2)11-19-13-17(23-24(19)18-8-4-3-5-9-18)14-22-27(25,26)20-10-6-7-16(21)12-20/h3-10,12-13,15,22H,11,14H2,1-2H3. The number of hydrogen-bond acceptors (Lipinski definition) is 3. The summed E-state index contributed by atoms with van der Waals surface area (Å²) < 4.78 is 30.5. The molecule has 0 aliphatic rings. The smallest absolute Gasteiger partial charge is 0.238 e. The summed E-state index contributed by atoms with van der Waals surface area (Å²) in [6.07, 6.45) is 0.867. The lowest BCUT2D eigenvalue weighted by molar-refractivity contribution is 0.580. The third-order valence-electron chi connectivity index (χ3n) is 4.00. The number of rotatable bonds is 7. The second-order valence-electron chi connectivity index (χ2n) is 6.75. The summed E-state index contributed by atoms with van der Waals surface area (Å²) in [4.78, 5) is 0.263. The second kappa shape index (κ2) is 8.53. The van der Waals surface area contributed by atoms with E-state index in [1.807, 2.05) is 47.1 Å². The number of nitrogens with one attached hydrogen (secondary N) is 1. The van der Waals surface area contributed by atoms with Crippen molar-refractivity contribution in [1.29, 1.82) is 0 Å². The van der Waals surface area contributed by atoms with E-state index in [0.29, 0.717) is 11.6 Å². The summed E-state index contributed by atoms with van der Waals surface area (Å²) >= 11 is 2.10. The van der Waals surface area contributed by atoms with Gasteiger partial charge in [-0.2, -0.15) is 5.10 Å². The van der Waals surface area contributed by atoms with Gasteiger partial charge in [-0.05, 0) is 71.3 Å². The highest BCUT2D eigenvalue weighted by molar-refractivity contribution is 14.1. The normalized spacial score (nSPS) is 11.9. The highest BCUT2D eigenvalue weighted by Gasteiger charge is 2.16. The maximum atomic E-state index is 12.5. The van der Waals surface area contributed by atoms with Gasteiger partial charge < -0.3 is 0 Å². The fraction of sp³-hybridized carbons (Fsp3) is 0.250. The zero-order valence-electron chi connectivity index (χ0n) is 15.3. The average Bonchev–Trinajstić information content (AvgIpc) is 3.03. The quantitative estimate of drug-likeness (QED) is 0.501.